The smallest absolute Gasteiger partial charge is 0.456 e. The lowest BCUT2D eigenvalue weighted by Crippen LogP contribution is -2.47. The zero-order chi connectivity index (χ0) is 56.4. The van der Waals surface area contributed by atoms with Crippen LogP contribution in [0.3, 0.4) is 0 Å². The van der Waals surface area contributed by atoms with Gasteiger partial charge in [0.2, 0.25) is 5.91 Å². The Morgan fingerprint density at radius 2 is 0.792 bits per heavy atom. The number of phosphoric acid groups is 1. The van der Waals surface area contributed by atoms with Crippen molar-refractivity contribution in [2.75, 3.05) is 40.9 Å². The van der Waals surface area contributed by atoms with Crippen molar-refractivity contribution in [1.82, 2.24) is 5.32 Å². The van der Waals surface area contributed by atoms with Gasteiger partial charge in [-0.25, -0.2) is 4.57 Å². The number of hydrogen-bond acceptors (Lipinski definition) is 6. The number of esters is 1. The van der Waals surface area contributed by atoms with Crippen LogP contribution < -0.4 is 5.32 Å². The Morgan fingerprint density at radius 1 is 0.455 bits per heavy atom. The largest absolute Gasteiger partial charge is 0.472 e. The lowest BCUT2D eigenvalue weighted by molar-refractivity contribution is -0.870. The van der Waals surface area contributed by atoms with E-state index in [4.69, 9.17) is 13.8 Å². The number of hydrogen-bond donors (Lipinski definition) is 2. The van der Waals surface area contributed by atoms with Crippen LogP contribution in [0.4, 0.5) is 0 Å². The fourth-order valence-electron chi connectivity index (χ4n) is 9.61. The molecule has 1 amide bonds. The van der Waals surface area contributed by atoms with Crippen molar-refractivity contribution in [2.45, 2.75) is 328 Å². The second-order valence-corrected chi connectivity index (χ2v) is 25.1. The lowest BCUT2D eigenvalue weighted by atomic mass is 10.0. The maximum atomic E-state index is 13.6. The van der Waals surface area contributed by atoms with Crippen molar-refractivity contribution < 1.29 is 37.3 Å². The average molecular weight is 1100 g/mol. The molecule has 0 aromatic carbocycles. The number of carbonyl (C=O) groups excluding carboxylic acids is 2. The highest BCUT2D eigenvalue weighted by atomic mass is 31.2. The number of unbranched alkanes of at least 4 members (excludes halogenated alkanes) is 38. The number of ether oxygens (including phenoxy) is 1. The monoisotopic (exact) mass is 1100 g/mol. The summed E-state index contributed by atoms with van der Waals surface area (Å²) in [5.41, 5.74) is 0. The number of amides is 1. The molecule has 452 valence electrons. The molecule has 0 saturated heterocycles. The van der Waals surface area contributed by atoms with Crippen molar-refractivity contribution in [2.24, 2.45) is 0 Å². The summed E-state index contributed by atoms with van der Waals surface area (Å²) in [6, 6.07) is -0.849. The molecule has 0 aliphatic carbocycles. The van der Waals surface area contributed by atoms with E-state index in [2.05, 4.69) is 62.5 Å². The number of nitrogens with zero attached hydrogens (tertiary/aromatic N) is 1. The molecule has 9 nitrogen and oxygen atoms in total. The fourth-order valence-corrected chi connectivity index (χ4v) is 10.3. The minimum atomic E-state index is -4.45. The van der Waals surface area contributed by atoms with E-state index >= 15 is 0 Å². The molecule has 0 radical (unpaired) electrons. The number of quaternary nitrogens is 1. The number of phosphoric ester groups is 1. The number of rotatable bonds is 60. The van der Waals surface area contributed by atoms with Crippen LogP contribution in [0.1, 0.15) is 316 Å². The van der Waals surface area contributed by atoms with Gasteiger partial charge in [0.15, 0.2) is 0 Å². The molecule has 2 N–H and O–H groups in total. The molecule has 3 atom stereocenters. The van der Waals surface area contributed by atoms with Crippen molar-refractivity contribution in [3.8, 4) is 0 Å². The molecule has 0 aliphatic heterocycles. The third kappa shape index (κ3) is 58.4. The zero-order valence-corrected chi connectivity index (χ0v) is 52.6. The van der Waals surface area contributed by atoms with Gasteiger partial charge in [-0.2, -0.15) is 0 Å². The first-order chi connectivity index (χ1) is 37.4. The molecule has 0 aliphatic rings. The SMILES string of the molecule is CCCCC/C=C\C/C=C\CCCCCCCCCCCCCC(=O)OC(/C=C/CCCCCCCCCCC)C(COP(=O)(O)OCC[N+](C)(C)C)NC(=O)CCCCCCCCCCC/C=C/CCCCCCCC. The van der Waals surface area contributed by atoms with Gasteiger partial charge in [-0.05, 0) is 89.5 Å². The highest BCUT2D eigenvalue weighted by Crippen LogP contribution is 2.43. The van der Waals surface area contributed by atoms with E-state index < -0.39 is 20.0 Å². The summed E-state index contributed by atoms with van der Waals surface area (Å²) < 4.78 is 30.7. The minimum absolute atomic E-state index is 0.0403. The Hall–Kier alpha value is -2.03. The van der Waals surface area contributed by atoms with E-state index in [0.29, 0.717) is 23.9 Å². The Labute approximate surface area is 478 Å². The van der Waals surface area contributed by atoms with E-state index in [0.717, 1.165) is 64.2 Å². The molecule has 77 heavy (non-hydrogen) atoms. The van der Waals surface area contributed by atoms with E-state index in [1.54, 1.807) is 0 Å². The molecular formula is C67H128N2O7P+. The van der Waals surface area contributed by atoms with Gasteiger partial charge in [-0.3, -0.25) is 18.6 Å². The summed E-state index contributed by atoms with van der Waals surface area (Å²) in [4.78, 5) is 37.8. The van der Waals surface area contributed by atoms with Crippen LogP contribution in [0.25, 0.3) is 0 Å². The van der Waals surface area contributed by atoms with Gasteiger partial charge in [-0.15, -0.1) is 0 Å². The van der Waals surface area contributed by atoms with E-state index in [9.17, 15) is 19.0 Å². The highest BCUT2D eigenvalue weighted by Gasteiger charge is 2.30. The van der Waals surface area contributed by atoms with E-state index in [1.165, 1.54) is 218 Å². The van der Waals surface area contributed by atoms with Crippen LogP contribution in [0.5, 0.6) is 0 Å². The Bertz CT molecular complexity index is 1460. The predicted molar refractivity (Wildman–Crippen MR) is 332 cm³/mol. The normalized spacial score (nSPS) is 13.9. The van der Waals surface area contributed by atoms with Crippen LogP contribution in [-0.2, 0) is 27.9 Å². The first-order valence-electron chi connectivity index (χ1n) is 33.0. The third-order valence-electron chi connectivity index (χ3n) is 14.7. The lowest BCUT2D eigenvalue weighted by Gasteiger charge is -2.27. The van der Waals surface area contributed by atoms with Gasteiger partial charge in [0, 0.05) is 12.8 Å². The second-order valence-electron chi connectivity index (χ2n) is 23.6. The second kappa shape index (κ2) is 57.2. The van der Waals surface area contributed by atoms with Crippen molar-refractivity contribution in [3.05, 3.63) is 48.6 Å². The molecule has 0 spiro atoms. The highest BCUT2D eigenvalue weighted by molar-refractivity contribution is 7.47. The maximum Gasteiger partial charge on any atom is 0.472 e. The standard InChI is InChI=1S/C67H127N2O7P/c1-7-10-13-16-19-22-25-27-29-31-33-34-36-38-40-42-45-48-51-54-57-60-67(71)76-65(58-55-52-49-46-43-24-21-18-15-12-9-3)64(63-75-77(72,73)74-62-61-69(4,5)6)68-66(70)59-56-53-50-47-44-41-39-37-35-32-30-28-26-23-20-17-14-11-8-2/h19,22,27-30,55,58,64-65H,7-18,20-21,23-26,31-54,56-57,59-63H2,1-6H3,(H-,68,70,72,73)/p+1/b22-19-,29-27-,30-28+,58-55+. The molecule has 0 fully saturated rings. The number of likely N-dealkylation sites (N-methyl/N-ethyl adjacent to an activating group) is 1. The molecule has 10 heteroatoms. The Kier molecular flexibility index (Phi) is 55.7. The number of allylic oxidation sites excluding steroid dienone is 7. The molecular weight excluding hydrogens is 976 g/mol. The molecule has 0 aromatic heterocycles. The third-order valence-corrected chi connectivity index (χ3v) is 15.7. The quantitative estimate of drug-likeness (QED) is 0.0205. The summed E-state index contributed by atoms with van der Waals surface area (Å²) in [5.74, 6) is -0.499. The van der Waals surface area contributed by atoms with Gasteiger partial charge in [0.25, 0.3) is 0 Å². The molecule has 0 heterocycles. The van der Waals surface area contributed by atoms with Gasteiger partial charge in [-0.1, -0.05) is 262 Å². The Morgan fingerprint density at radius 3 is 1.21 bits per heavy atom. The van der Waals surface area contributed by atoms with Crippen LogP contribution in [-0.4, -0.2) is 74.3 Å². The first kappa shape index (κ1) is 75.0. The van der Waals surface area contributed by atoms with Crippen LogP contribution in [0.15, 0.2) is 48.6 Å². The van der Waals surface area contributed by atoms with Gasteiger partial charge < -0.3 is 19.4 Å². The van der Waals surface area contributed by atoms with Crippen molar-refractivity contribution >= 4 is 19.7 Å². The van der Waals surface area contributed by atoms with Crippen molar-refractivity contribution in [1.29, 1.82) is 0 Å². The Balaban J connectivity index is 5.13. The van der Waals surface area contributed by atoms with Crippen molar-refractivity contribution in [3.63, 3.8) is 0 Å². The molecule has 0 bridgehead atoms. The van der Waals surface area contributed by atoms with E-state index in [-0.39, 0.29) is 25.1 Å². The van der Waals surface area contributed by atoms with E-state index in [1.807, 2.05) is 33.3 Å². The van der Waals surface area contributed by atoms with Crippen LogP contribution >= 0.6 is 7.82 Å². The van der Waals surface area contributed by atoms with Crippen LogP contribution in [0.2, 0.25) is 0 Å². The summed E-state index contributed by atoms with van der Waals surface area (Å²) in [7, 11) is 1.50. The fraction of sp³-hybridized carbons (Fsp3) is 0.851. The maximum absolute atomic E-state index is 13.6. The van der Waals surface area contributed by atoms with Gasteiger partial charge in [0.05, 0.1) is 33.8 Å². The van der Waals surface area contributed by atoms with Crippen LogP contribution in [0, 0.1) is 0 Å². The molecule has 0 aromatic rings. The topological polar surface area (TPSA) is 111 Å². The number of nitrogens with one attached hydrogen (secondary N) is 1. The summed E-state index contributed by atoms with van der Waals surface area (Å²) >= 11 is 0. The van der Waals surface area contributed by atoms with Gasteiger partial charge in [0.1, 0.15) is 19.3 Å². The molecule has 3 unspecified atom stereocenters. The first-order valence-corrected chi connectivity index (χ1v) is 34.5. The zero-order valence-electron chi connectivity index (χ0n) is 51.7. The summed E-state index contributed by atoms with van der Waals surface area (Å²) in [6.07, 6.45) is 71.1. The van der Waals surface area contributed by atoms with Gasteiger partial charge >= 0.3 is 13.8 Å². The summed E-state index contributed by atoms with van der Waals surface area (Å²) in [6.45, 7) is 7.01. The average Bonchev–Trinajstić information content (AvgIpc) is 3.39. The number of carbonyl (C=O) groups is 2. The molecule has 0 saturated carbocycles. The molecule has 0 rings (SSSR count). The minimum Gasteiger partial charge on any atom is -0.456 e. The predicted octanol–water partition coefficient (Wildman–Crippen LogP) is 20.5. The summed E-state index contributed by atoms with van der Waals surface area (Å²) in [5, 5.41) is 3.06.